The molecule has 0 unspecified atom stereocenters. The molecule has 0 bridgehead atoms. The van der Waals surface area contributed by atoms with Gasteiger partial charge in [0.1, 0.15) is 0 Å². The second-order valence-corrected chi connectivity index (χ2v) is 4.43. The fraction of sp³-hybridized carbons (Fsp3) is 0.231. The zero-order valence-electron chi connectivity index (χ0n) is 8.64. The molecule has 84 valence electrons. The first-order valence-corrected chi connectivity index (χ1v) is 6.62. The third kappa shape index (κ3) is 2.02. The van der Waals surface area contributed by atoms with Gasteiger partial charge in [-0.3, -0.25) is 0 Å². The lowest BCUT2D eigenvalue weighted by Gasteiger charge is -2.11. The molecule has 0 aliphatic rings. The van der Waals surface area contributed by atoms with Crippen LogP contribution in [-0.4, -0.2) is 0 Å². The van der Waals surface area contributed by atoms with Crippen LogP contribution in [0.1, 0.15) is 16.7 Å². The SMILES string of the molecule is ClCc1ccc(CCl)c2c(CCl)cccc12. The maximum absolute atomic E-state index is 5.95. The first kappa shape index (κ1) is 12.0. The lowest BCUT2D eigenvalue weighted by atomic mass is 9.97. The van der Waals surface area contributed by atoms with Gasteiger partial charge in [0.15, 0.2) is 0 Å². The number of hydrogen-bond acceptors (Lipinski definition) is 0. The van der Waals surface area contributed by atoms with Crippen molar-refractivity contribution in [1.82, 2.24) is 0 Å². The van der Waals surface area contributed by atoms with Crippen LogP contribution in [0.3, 0.4) is 0 Å². The van der Waals surface area contributed by atoms with Gasteiger partial charge in [-0.05, 0) is 27.5 Å². The first-order valence-electron chi connectivity index (χ1n) is 5.02. The van der Waals surface area contributed by atoms with Gasteiger partial charge >= 0.3 is 0 Å². The van der Waals surface area contributed by atoms with E-state index in [4.69, 9.17) is 34.8 Å². The Labute approximate surface area is 110 Å². The van der Waals surface area contributed by atoms with Crippen LogP contribution in [0.25, 0.3) is 10.8 Å². The van der Waals surface area contributed by atoms with Gasteiger partial charge in [-0.25, -0.2) is 0 Å². The van der Waals surface area contributed by atoms with Crippen LogP contribution >= 0.6 is 34.8 Å². The van der Waals surface area contributed by atoms with Crippen LogP contribution in [0.15, 0.2) is 30.3 Å². The van der Waals surface area contributed by atoms with E-state index < -0.39 is 0 Å². The maximum atomic E-state index is 5.95. The van der Waals surface area contributed by atoms with Crippen molar-refractivity contribution in [2.75, 3.05) is 0 Å². The summed E-state index contributed by atoms with van der Waals surface area (Å²) >= 11 is 17.8. The fourth-order valence-electron chi connectivity index (χ4n) is 1.96. The molecule has 0 aliphatic heterocycles. The fourth-order valence-corrected chi connectivity index (χ4v) is 2.64. The second kappa shape index (κ2) is 5.27. The van der Waals surface area contributed by atoms with Gasteiger partial charge in [0.25, 0.3) is 0 Å². The number of rotatable bonds is 3. The van der Waals surface area contributed by atoms with Crippen LogP contribution < -0.4 is 0 Å². The Kier molecular flexibility index (Phi) is 3.96. The highest BCUT2D eigenvalue weighted by Crippen LogP contribution is 2.29. The first-order chi connectivity index (χ1) is 7.81. The molecule has 0 aromatic heterocycles. The van der Waals surface area contributed by atoms with Crippen molar-refractivity contribution in [1.29, 1.82) is 0 Å². The van der Waals surface area contributed by atoms with E-state index in [0.717, 1.165) is 27.5 Å². The van der Waals surface area contributed by atoms with Gasteiger partial charge in [-0.2, -0.15) is 0 Å². The molecule has 0 N–H and O–H groups in total. The van der Waals surface area contributed by atoms with E-state index in [1.807, 2.05) is 24.3 Å². The molecule has 3 heteroatoms. The summed E-state index contributed by atoms with van der Waals surface area (Å²) in [6.07, 6.45) is 0. The molecule has 0 saturated carbocycles. The van der Waals surface area contributed by atoms with E-state index in [9.17, 15) is 0 Å². The van der Waals surface area contributed by atoms with Crippen LogP contribution in [-0.2, 0) is 17.6 Å². The van der Waals surface area contributed by atoms with Crippen LogP contribution in [0.2, 0.25) is 0 Å². The lowest BCUT2D eigenvalue weighted by molar-refractivity contribution is 1.35. The summed E-state index contributed by atoms with van der Waals surface area (Å²) in [6.45, 7) is 0. The number of benzene rings is 2. The zero-order valence-corrected chi connectivity index (χ0v) is 10.9. The van der Waals surface area contributed by atoms with Gasteiger partial charge in [0, 0.05) is 17.6 Å². The second-order valence-electron chi connectivity index (χ2n) is 3.62. The molecule has 0 heterocycles. The van der Waals surface area contributed by atoms with Crippen molar-refractivity contribution in [3.8, 4) is 0 Å². The Morgan fingerprint density at radius 1 is 0.688 bits per heavy atom. The standard InChI is InChI=1S/C13H11Cl3/c14-6-9-4-5-11(8-16)13-10(7-15)2-1-3-12(9)13/h1-5H,6-8H2. The number of fused-ring (bicyclic) bond motifs is 1. The highest BCUT2D eigenvalue weighted by atomic mass is 35.5. The molecule has 0 spiro atoms. The summed E-state index contributed by atoms with van der Waals surface area (Å²) < 4.78 is 0. The van der Waals surface area contributed by atoms with Crippen molar-refractivity contribution in [2.24, 2.45) is 0 Å². The third-order valence-electron chi connectivity index (χ3n) is 2.74. The number of halogens is 3. The molecule has 0 radical (unpaired) electrons. The van der Waals surface area contributed by atoms with Gasteiger partial charge in [-0.1, -0.05) is 30.3 Å². The van der Waals surface area contributed by atoms with E-state index in [2.05, 4.69) is 6.07 Å². The summed E-state index contributed by atoms with van der Waals surface area (Å²) in [7, 11) is 0. The summed E-state index contributed by atoms with van der Waals surface area (Å²) in [5, 5.41) is 2.32. The summed E-state index contributed by atoms with van der Waals surface area (Å²) in [4.78, 5) is 0. The molecule has 0 saturated heterocycles. The normalized spacial score (nSPS) is 10.9. The van der Waals surface area contributed by atoms with E-state index in [0.29, 0.717) is 17.6 Å². The summed E-state index contributed by atoms with van der Waals surface area (Å²) in [6, 6.07) is 10.2. The molecule has 2 rings (SSSR count). The van der Waals surface area contributed by atoms with Crippen molar-refractivity contribution < 1.29 is 0 Å². The predicted octanol–water partition coefficient (Wildman–Crippen LogP) is 5.06. The van der Waals surface area contributed by atoms with Gasteiger partial charge in [0.2, 0.25) is 0 Å². The lowest BCUT2D eigenvalue weighted by Crippen LogP contribution is -1.91. The molecule has 0 nitrogen and oxygen atoms in total. The Morgan fingerprint density at radius 2 is 1.25 bits per heavy atom. The van der Waals surface area contributed by atoms with Crippen LogP contribution in [0.5, 0.6) is 0 Å². The maximum Gasteiger partial charge on any atom is 0.0480 e. The highest BCUT2D eigenvalue weighted by molar-refractivity contribution is 6.20. The molecule has 0 fully saturated rings. The van der Waals surface area contributed by atoms with E-state index in [1.54, 1.807) is 0 Å². The predicted molar refractivity (Wildman–Crippen MR) is 72.6 cm³/mol. The van der Waals surface area contributed by atoms with Crippen LogP contribution in [0, 0.1) is 0 Å². The van der Waals surface area contributed by atoms with Gasteiger partial charge in [0.05, 0.1) is 0 Å². The quantitative estimate of drug-likeness (QED) is 0.686. The summed E-state index contributed by atoms with van der Waals surface area (Å²) in [5.74, 6) is 1.49. The van der Waals surface area contributed by atoms with Crippen molar-refractivity contribution in [2.45, 2.75) is 17.6 Å². The third-order valence-corrected chi connectivity index (χ3v) is 3.60. The molecule has 0 aliphatic carbocycles. The average molecular weight is 274 g/mol. The minimum absolute atomic E-state index is 0.493. The topological polar surface area (TPSA) is 0 Å². The summed E-state index contributed by atoms with van der Waals surface area (Å²) in [5.41, 5.74) is 3.35. The minimum Gasteiger partial charge on any atom is -0.122 e. The Hall–Kier alpha value is -0.430. The monoisotopic (exact) mass is 272 g/mol. The average Bonchev–Trinajstić information content (AvgIpc) is 2.36. The van der Waals surface area contributed by atoms with Crippen molar-refractivity contribution in [3.05, 3.63) is 47.0 Å². The molecule has 0 atom stereocenters. The van der Waals surface area contributed by atoms with E-state index in [1.165, 1.54) is 0 Å². The van der Waals surface area contributed by atoms with Crippen molar-refractivity contribution >= 4 is 45.6 Å². The zero-order chi connectivity index (χ0) is 11.5. The van der Waals surface area contributed by atoms with E-state index in [-0.39, 0.29) is 0 Å². The molecule has 2 aromatic rings. The van der Waals surface area contributed by atoms with E-state index >= 15 is 0 Å². The number of alkyl halides is 3. The molecular formula is C13H11Cl3. The highest BCUT2D eigenvalue weighted by Gasteiger charge is 2.08. The van der Waals surface area contributed by atoms with Gasteiger partial charge < -0.3 is 0 Å². The molecule has 2 aromatic carbocycles. The smallest absolute Gasteiger partial charge is 0.0480 e. The van der Waals surface area contributed by atoms with Crippen LogP contribution in [0.4, 0.5) is 0 Å². The Balaban J connectivity index is 2.84. The Bertz CT molecular complexity index is 495. The Morgan fingerprint density at radius 3 is 1.88 bits per heavy atom. The number of hydrogen-bond donors (Lipinski definition) is 0. The molecule has 16 heavy (non-hydrogen) atoms. The molecule has 0 amide bonds. The van der Waals surface area contributed by atoms with Gasteiger partial charge in [-0.15, -0.1) is 34.8 Å². The molecular weight excluding hydrogens is 263 g/mol. The minimum atomic E-state index is 0.493. The van der Waals surface area contributed by atoms with Crippen molar-refractivity contribution in [3.63, 3.8) is 0 Å². The largest absolute Gasteiger partial charge is 0.122 e.